The van der Waals surface area contributed by atoms with Crippen molar-refractivity contribution in [3.63, 3.8) is 0 Å². The number of rotatable bonds is 7. The summed E-state index contributed by atoms with van der Waals surface area (Å²) in [5.41, 5.74) is 1.50. The van der Waals surface area contributed by atoms with Gasteiger partial charge in [-0.15, -0.1) is 0 Å². The normalized spacial score (nSPS) is 12.4. The van der Waals surface area contributed by atoms with Gasteiger partial charge in [-0.1, -0.05) is 22.9 Å². The van der Waals surface area contributed by atoms with E-state index in [9.17, 15) is 4.79 Å². The third-order valence-electron chi connectivity index (χ3n) is 2.58. The SMILES string of the molecule is CCc1nn(C)cc1C(=O)NCCC(Br)COC. The predicted molar refractivity (Wildman–Crippen MR) is 74.1 cm³/mol. The lowest BCUT2D eigenvalue weighted by Crippen LogP contribution is -2.27. The van der Waals surface area contributed by atoms with Gasteiger partial charge in [0, 0.05) is 31.7 Å². The van der Waals surface area contributed by atoms with Crippen LogP contribution in [0.15, 0.2) is 6.20 Å². The van der Waals surface area contributed by atoms with Crippen LogP contribution in [0.4, 0.5) is 0 Å². The number of nitrogens with zero attached hydrogens (tertiary/aromatic N) is 2. The van der Waals surface area contributed by atoms with E-state index in [-0.39, 0.29) is 10.7 Å². The Hall–Kier alpha value is -0.880. The number of aryl methyl sites for hydroxylation is 2. The molecule has 1 atom stereocenters. The van der Waals surface area contributed by atoms with E-state index in [1.165, 1.54) is 0 Å². The fraction of sp³-hybridized carbons (Fsp3) is 0.667. The quantitative estimate of drug-likeness (QED) is 0.776. The van der Waals surface area contributed by atoms with Crippen LogP contribution >= 0.6 is 15.9 Å². The molecule has 0 saturated carbocycles. The van der Waals surface area contributed by atoms with Gasteiger partial charge in [-0.2, -0.15) is 5.10 Å². The Balaban J connectivity index is 2.45. The van der Waals surface area contributed by atoms with Crippen LogP contribution in [0.25, 0.3) is 0 Å². The minimum absolute atomic E-state index is 0.0583. The summed E-state index contributed by atoms with van der Waals surface area (Å²) in [6, 6.07) is 0. The second-order valence-corrected chi connectivity index (χ2v) is 5.41. The van der Waals surface area contributed by atoms with Crippen molar-refractivity contribution in [2.24, 2.45) is 7.05 Å². The minimum Gasteiger partial charge on any atom is -0.384 e. The molecule has 1 rings (SSSR count). The fourth-order valence-electron chi connectivity index (χ4n) is 1.69. The first-order valence-electron chi connectivity index (χ1n) is 6.02. The summed E-state index contributed by atoms with van der Waals surface area (Å²) in [6.07, 6.45) is 3.35. The van der Waals surface area contributed by atoms with E-state index in [0.717, 1.165) is 18.5 Å². The third kappa shape index (κ3) is 4.42. The fourth-order valence-corrected chi connectivity index (χ4v) is 2.18. The molecule has 0 aliphatic rings. The molecule has 18 heavy (non-hydrogen) atoms. The van der Waals surface area contributed by atoms with Gasteiger partial charge < -0.3 is 10.1 Å². The summed E-state index contributed by atoms with van der Waals surface area (Å²) in [5.74, 6) is -0.0583. The lowest BCUT2D eigenvalue weighted by molar-refractivity contribution is 0.0951. The molecule has 1 aromatic rings. The summed E-state index contributed by atoms with van der Waals surface area (Å²) in [7, 11) is 3.49. The Morgan fingerprint density at radius 3 is 3.00 bits per heavy atom. The molecular formula is C12H20BrN3O2. The molecule has 0 aromatic carbocycles. The predicted octanol–water partition coefficient (Wildman–Crippen LogP) is 1.51. The number of methoxy groups -OCH3 is 1. The standard InChI is InChI=1S/C12H20BrN3O2/c1-4-11-10(7-16(2)15-11)12(17)14-6-5-9(13)8-18-3/h7,9H,4-6,8H2,1-3H3,(H,14,17). The maximum atomic E-state index is 12.0. The number of nitrogens with one attached hydrogen (secondary N) is 1. The van der Waals surface area contributed by atoms with Crippen LogP contribution in [-0.4, -0.2) is 40.8 Å². The van der Waals surface area contributed by atoms with E-state index in [1.54, 1.807) is 18.0 Å². The van der Waals surface area contributed by atoms with E-state index in [2.05, 4.69) is 26.3 Å². The molecule has 5 nitrogen and oxygen atoms in total. The molecule has 1 unspecified atom stereocenters. The van der Waals surface area contributed by atoms with E-state index in [1.807, 2.05) is 14.0 Å². The number of carbonyl (C=O) groups excluding carboxylic acids is 1. The number of hydrogen-bond donors (Lipinski definition) is 1. The van der Waals surface area contributed by atoms with Gasteiger partial charge in [0.2, 0.25) is 0 Å². The van der Waals surface area contributed by atoms with Crippen molar-refractivity contribution < 1.29 is 9.53 Å². The lowest BCUT2D eigenvalue weighted by Gasteiger charge is -2.09. The highest BCUT2D eigenvalue weighted by molar-refractivity contribution is 9.09. The zero-order valence-corrected chi connectivity index (χ0v) is 12.7. The second kappa shape index (κ2) is 7.53. The number of hydrogen-bond acceptors (Lipinski definition) is 3. The molecule has 102 valence electrons. The number of aromatic nitrogens is 2. The Bertz CT molecular complexity index is 393. The van der Waals surface area contributed by atoms with E-state index >= 15 is 0 Å². The van der Waals surface area contributed by atoms with Gasteiger partial charge in [0.1, 0.15) is 0 Å². The second-order valence-electron chi connectivity index (χ2n) is 4.11. The Morgan fingerprint density at radius 2 is 2.39 bits per heavy atom. The summed E-state index contributed by atoms with van der Waals surface area (Å²) in [4.78, 5) is 12.2. The number of ether oxygens (including phenoxy) is 1. The van der Waals surface area contributed by atoms with Crippen LogP contribution in [0.2, 0.25) is 0 Å². The topological polar surface area (TPSA) is 56.2 Å². The molecule has 1 amide bonds. The minimum atomic E-state index is -0.0583. The van der Waals surface area contributed by atoms with Gasteiger partial charge in [-0.05, 0) is 12.8 Å². The summed E-state index contributed by atoms with van der Waals surface area (Å²) in [5, 5.41) is 7.15. The Morgan fingerprint density at radius 1 is 1.67 bits per heavy atom. The van der Waals surface area contributed by atoms with Crippen LogP contribution < -0.4 is 5.32 Å². The molecule has 0 bridgehead atoms. The van der Waals surface area contributed by atoms with Crippen molar-refractivity contribution in [1.82, 2.24) is 15.1 Å². The number of halogens is 1. The zero-order chi connectivity index (χ0) is 13.5. The molecular weight excluding hydrogens is 298 g/mol. The molecule has 1 N–H and O–H groups in total. The first kappa shape index (κ1) is 15.2. The van der Waals surface area contributed by atoms with E-state index in [4.69, 9.17) is 4.74 Å². The smallest absolute Gasteiger partial charge is 0.254 e. The molecule has 1 heterocycles. The molecule has 0 aliphatic carbocycles. The summed E-state index contributed by atoms with van der Waals surface area (Å²) >= 11 is 3.48. The highest BCUT2D eigenvalue weighted by Crippen LogP contribution is 2.08. The number of alkyl halides is 1. The van der Waals surface area contributed by atoms with Crippen LogP contribution in [0, 0.1) is 0 Å². The Kier molecular flexibility index (Phi) is 6.35. The molecule has 1 aromatic heterocycles. The highest BCUT2D eigenvalue weighted by atomic mass is 79.9. The maximum Gasteiger partial charge on any atom is 0.254 e. The molecule has 0 fully saturated rings. The summed E-state index contributed by atoms with van der Waals surface area (Å²) in [6.45, 7) is 3.26. The van der Waals surface area contributed by atoms with E-state index < -0.39 is 0 Å². The van der Waals surface area contributed by atoms with Crippen molar-refractivity contribution in [3.8, 4) is 0 Å². The molecule has 0 spiro atoms. The monoisotopic (exact) mass is 317 g/mol. The average Bonchev–Trinajstić information content (AvgIpc) is 2.70. The average molecular weight is 318 g/mol. The van der Waals surface area contributed by atoms with Gasteiger partial charge >= 0.3 is 0 Å². The summed E-state index contributed by atoms with van der Waals surface area (Å²) < 4.78 is 6.69. The van der Waals surface area contributed by atoms with E-state index in [0.29, 0.717) is 18.7 Å². The van der Waals surface area contributed by atoms with Crippen LogP contribution in [0.5, 0.6) is 0 Å². The maximum absolute atomic E-state index is 12.0. The van der Waals surface area contributed by atoms with Gasteiger partial charge in [0.15, 0.2) is 0 Å². The van der Waals surface area contributed by atoms with Gasteiger partial charge in [0.25, 0.3) is 5.91 Å². The zero-order valence-electron chi connectivity index (χ0n) is 11.1. The largest absolute Gasteiger partial charge is 0.384 e. The van der Waals surface area contributed by atoms with Gasteiger partial charge in [-0.3, -0.25) is 9.48 Å². The van der Waals surface area contributed by atoms with Crippen molar-refractivity contribution in [2.75, 3.05) is 20.3 Å². The van der Waals surface area contributed by atoms with Crippen molar-refractivity contribution in [2.45, 2.75) is 24.6 Å². The molecule has 0 radical (unpaired) electrons. The van der Waals surface area contributed by atoms with Crippen LogP contribution in [0.1, 0.15) is 29.4 Å². The number of amides is 1. The lowest BCUT2D eigenvalue weighted by atomic mass is 10.2. The third-order valence-corrected chi connectivity index (χ3v) is 3.30. The van der Waals surface area contributed by atoms with Crippen LogP contribution in [-0.2, 0) is 18.2 Å². The molecule has 6 heteroatoms. The first-order valence-corrected chi connectivity index (χ1v) is 6.93. The van der Waals surface area contributed by atoms with Crippen molar-refractivity contribution >= 4 is 21.8 Å². The Labute approximate surface area is 116 Å². The first-order chi connectivity index (χ1) is 8.58. The van der Waals surface area contributed by atoms with Gasteiger partial charge in [-0.25, -0.2) is 0 Å². The molecule has 0 aliphatic heterocycles. The van der Waals surface area contributed by atoms with Gasteiger partial charge in [0.05, 0.1) is 17.9 Å². The van der Waals surface area contributed by atoms with Crippen LogP contribution in [0.3, 0.4) is 0 Å². The van der Waals surface area contributed by atoms with Crippen molar-refractivity contribution in [1.29, 1.82) is 0 Å². The highest BCUT2D eigenvalue weighted by Gasteiger charge is 2.14. The molecule has 0 saturated heterocycles. The number of carbonyl (C=O) groups is 1. The van der Waals surface area contributed by atoms with Crippen molar-refractivity contribution in [3.05, 3.63) is 17.5 Å².